The SMILES string of the molecule is C#CCn1c(=NC(=O)Cc2ccc(SC)cc2)sc2cc(C)ccc21. The summed E-state index contributed by atoms with van der Waals surface area (Å²) in [6.45, 7) is 2.45. The summed E-state index contributed by atoms with van der Waals surface area (Å²) in [5.74, 6) is 2.49. The summed E-state index contributed by atoms with van der Waals surface area (Å²) in [7, 11) is 0. The molecule has 0 saturated carbocycles. The number of aromatic nitrogens is 1. The minimum absolute atomic E-state index is 0.161. The van der Waals surface area contributed by atoms with Crippen LogP contribution in [-0.2, 0) is 17.8 Å². The molecule has 5 heteroatoms. The third kappa shape index (κ3) is 4.04. The number of aryl methyl sites for hydroxylation is 1. The lowest BCUT2D eigenvalue weighted by Crippen LogP contribution is -2.17. The number of rotatable bonds is 4. The first-order valence-corrected chi connectivity index (χ1v) is 9.89. The third-order valence-corrected chi connectivity index (χ3v) is 5.61. The van der Waals surface area contributed by atoms with Crippen LogP contribution in [0.25, 0.3) is 10.2 Å². The minimum atomic E-state index is -0.161. The maximum Gasteiger partial charge on any atom is 0.252 e. The van der Waals surface area contributed by atoms with E-state index in [2.05, 4.69) is 17.0 Å². The highest BCUT2D eigenvalue weighted by molar-refractivity contribution is 7.98. The number of hydrogen-bond acceptors (Lipinski definition) is 3. The van der Waals surface area contributed by atoms with E-state index < -0.39 is 0 Å². The van der Waals surface area contributed by atoms with Gasteiger partial charge < -0.3 is 4.57 Å². The molecule has 25 heavy (non-hydrogen) atoms. The molecular weight excluding hydrogens is 348 g/mol. The molecule has 0 atom stereocenters. The number of nitrogens with zero attached hydrogens (tertiary/aromatic N) is 2. The number of terminal acetylenes is 1. The summed E-state index contributed by atoms with van der Waals surface area (Å²) in [5.41, 5.74) is 3.16. The van der Waals surface area contributed by atoms with Gasteiger partial charge in [-0.2, -0.15) is 4.99 Å². The second kappa shape index (κ2) is 7.73. The topological polar surface area (TPSA) is 34.4 Å². The maximum atomic E-state index is 12.4. The molecule has 1 aromatic heterocycles. The smallest absolute Gasteiger partial charge is 0.252 e. The number of carbonyl (C=O) groups is 1. The number of thiazole rings is 1. The molecule has 0 aliphatic rings. The van der Waals surface area contributed by atoms with Crippen molar-refractivity contribution in [1.29, 1.82) is 0 Å². The fourth-order valence-corrected chi connectivity index (χ4v) is 4.13. The van der Waals surface area contributed by atoms with Gasteiger partial charge in [0, 0.05) is 4.90 Å². The predicted molar refractivity (Wildman–Crippen MR) is 106 cm³/mol. The van der Waals surface area contributed by atoms with Crippen molar-refractivity contribution < 1.29 is 4.79 Å². The van der Waals surface area contributed by atoms with Gasteiger partial charge in [0.1, 0.15) is 0 Å². The average molecular weight is 367 g/mol. The molecule has 3 nitrogen and oxygen atoms in total. The summed E-state index contributed by atoms with van der Waals surface area (Å²) in [6, 6.07) is 14.2. The number of amides is 1. The van der Waals surface area contributed by atoms with Gasteiger partial charge in [0.05, 0.1) is 23.2 Å². The van der Waals surface area contributed by atoms with Gasteiger partial charge in [-0.1, -0.05) is 35.5 Å². The Hall–Kier alpha value is -2.29. The van der Waals surface area contributed by atoms with Crippen molar-refractivity contribution in [2.24, 2.45) is 4.99 Å². The fourth-order valence-electron chi connectivity index (χ4n) is 2.57. The van der Waals surface area contributed by atoms with E-state index in [1.54, 1.807) is 11.8 Å². The molecule has 0 bridgehead atoms. The Bertz CT molecular complexity index is 1020. The summed E-state index contributed by atoms with van der Waals surface area (Å²) in [5, 5.41) is 0. The van der Waals surface area contributed by atoms with Crippen LogP contribution in [0, 0.1) is 19.3 Å². The molecule has 3 aromatic rings. The van der Waals surface area contributed by atoms with Crippen LogP contribution in [0.1, 0.15) is 11.1 Å². The maximum absolute atomic E-state index is 12.4. The fraction of sp³-hybridized carbons (Fsp3) is 0.200. The largest absolute Gasteiger partial charge is 0.305 e. The van der Waals surface area contributed by atoms with E-state index in [0.717, 1.165) is 15.8 Å². The van der Waals surface area contributed by atoms with Crippen LogP contribution in [-0.4, -0.2) is 16.7 Å². The van der Waals surface area contributed by atoms with Crippen LogP contribution in [0.2, 0.25) is 0 Å². The highest BCUT2D eigenvalue weighted by atomic mass is 32.2. The standard InChI is InChI=1S/C20H18N2OS2/c1-4-11-22-17-10-5-14(2)12-18(17)25-20(22)21-19(23)13-15-6-8-16(24-3)9-7-15/h1,5-10,12H,11,13H2,2-3H3. The van der Waals surface area contributed by atoms with Gasteiger partial charge in [-0.05, 0) is 48.6 Å². The molecule has 2 aromatic carbocycles. The van der Waals surface area contributed by atoms with E-state index >= 15 is 0 Å². The van der Waals surface area contributed by atoms with E-state index in [9.17, 15) is 4.79 Å². The Morgan fingerprint density at radius 2 is 2.04 bits per heavy atom. The van der Waals surface area contributed by atoms with Crippen molar-refractivity contribution in [2.45, 2.75) is 24.8 Å². The normalized spacial score (nSPS) is 11.6. The van der Waals surface area contributed by atoms with Crippen molar-refractivity contribution in [3.8, 4) is 12.3 Å². The quantitative estimate of drug-likeness (QED) is 0.516. The second-order valence-corrected chi connectivity index (χ2v) is 7.57. The monoisotopic (exact) mass is 366 g/mol. The Kier molecular flexibility index (Phi) is 5.42. The van der Waals surface area contributed by atoms with Crippen molar-refractivity contribution >= 4 is 39.2 Å². The lowest BCUT2D eigenvalue weighted by molar-refractivity contribution is -0.117. The summed E-state index contributed by atoms with van der Waals surface area (Å²) < 4.78 is 3.01. The molecule has 0 fully saturated rings. The second-order valence-electron chi connectivity index (χ2n) is 5.68. The molecule has 1 heterocycles. The third-order valence-electron chi connectivity index (χ3n) is 3.82. The highest BCUT2D eigenvalue weighted by Crippen LogP contribution is 2.19. The molecular formula is C20H18N2OS2. The van der Waals surface area contributed by atoms with Crippen molar-refractivity contribution in [3.63, 3.8) is 0 Å². The van der Waals surface area contributed by atoms with Gasteiger partial charge in [-0.3, -0.25) is 4.79 Å². The van der Waals surface area contributed by atoms with Gasteiger partial charge in [-0.15, -0.1) is 18.2 Å². The van der Waals surface area contributed by atoms with E-state index in [4.69, 9.17) is 6.42 Å². The summed E-state index contributed by atoms with van der Waals surface area (Å²) in [4.78, 5) is 18.6. The van der Waals surface area contributed by atoms with Crippen LogP contribution in [0.4, 0.5) is 0 Å². The molecule has 0 spiro atoms. The lowest BCUT2D eigenvalue weighted by Gasteiger charge is -2.01. The van der Waals surface area contributed by atoms with Crippen molar-refractivity contribution in [1.82, 2.24) is 4.57 Å². The number of hydrogen-bond donors (Lipinski definition) is 0. The van der Waals surface area contributed by atoms with Crippen molar-refractivity contribution in [2.75, 3.05) is 6.26 Å². The number of thioether (sulfide) groups is 1. The molecule has 0 saturated heterocycles. The number of carbonyl (C=O) groups excluding carboxylic acids is 1. The van der Waals surface area contributed by atoms with Gasteiger partial charge in [0.15, 0.2) is 4.80 Å². The summed E-state index contributed by atoms with van der Waals surface area (Å²) in [6.07, 6.45) is 7.82. The molecule has 0 unspecified atom stereocenters. The lowest BCUT2D eigenvalue weighted by atomic mass is 10.1. The molecule has 126 valence electrons. The first-order valence-electron chi connectivity index (χ1n) is 7.84. The van der Waals surface area contributed by atoms with E-state index in [-0.39, 0.29) is 12.3 Å². The van der Waals surface area contributed by atoms with Gasteiger partial charge in [0.2, 0.25) is 0 Å². The number of benzene rings is 2. The molecule has 0 aliphatic heterocycles. The van der Waals surface area contributed by atoms with Crippen LogP contribution in [0.3, 0.4) is 0 Å². The van der Waals surface area contributed by atoms with E-state index in [1.165, 1.54) is 21.8 Å². The van der Waals surface area contributed by atoms with Crippen LogP contribution in [0.15, 0.2) is 52.4 Å². The molecule has 0 radical (unpaired) electrons. The Morgan fingerprint density at radius 1 is 1.28 bits per heavy atom. The number of fused-ring (bicyclic) bond motifs is 1. The van der Waals surface area contributed by atoms with E-state index in [1.807, 2.05) is 54.1 Å². The first-order chi connectivity index (χ1) is 12.1. The predicted octanol–water partition coefficient (Wildman–Crippen LogP) is 4.04. The molecule has 0 aliphatic carbocycles. The Morgan fingerprint density at radius 3 is 2.72 bits per heavy atom. The Balaban J connectivity index is 1.94. The first kappa shape index (κ1) is 17.5. The minimum Gasteiger partial charge on any atom is -0.305 e. The zero-order valence-electron chi connectivity index (χ0n) is 14.2. The van der Waals surface area contributed by atoms with Crippen molar-refractivity contribution in [3.05, 3.63) is 58.4 Å². The molecule has 3 rings (SSSR count). The van der Waals surface area contributed by atoms with Crippen LogP contribution < -0.4 is 4.80 Å². The van der Waals surface area contributed by atoms with Crippen LogP contribution in [0.5, 0.6) is 0 Å². The molecule has 0 N–H and O–H groups in total. The highest BCUT2D eigenvalue weighted by Gasteiger charge is 2.08. The van der Waals surface area contributed by atoms with Crippen LogP contribution >= 0.6 is 23.1 Å². The zero-order chi connectivity index (χ0) is 17.8. The average Bonchev–Trinajstić information content (AvgIpc) is 2.92. The molecule has 1 amide bonds. The van der Waals surface area contributed by atoms with Gasteiger partial charge in [-0.25, -0.2) is 0 Å². The van der Waals surface area contributed by atoms with Gasteiger partial charge >= 0.3 is 0 Å². The summed E-state index contributed by atoms with van der Waals surface area (Å²) >= 11 is 3.18. The zero-order valence-corrected chi connectivity index (χ0v) is 15.8. The Labute approximate surface area is 155 Å². The van der Waals surface area contributed by atoms with E-state index in [0.29, 0.717) is 11.3 Å². The van der Waals surface area contributed by atoms with Gasteiger partial charge in [0.25, 0.3) is 5.91 Å².